The molecule has 1 aliphatic rings. The molecule has 1 aliphatic carbocycles. The highest BCUT2D eigenvalue weighted by molar-refractivity contribution is 9.10. The third kappa shape index (κ3) is 3.11. The van der Waals surface area contributed by atoms with Crippen molar-refractivity contribution in [2.24, 2.45) is 11.8 Å². The van der Waals surface area contributed by atoms with Crippen molar-refractivity contribution in [1.82, 2.24) is 0 Å². The summed E-state index contributed by atoms with van der Waals surface area (Å²) < 4.78 is 0.793. The Kier molecular flexibility index (Phi) is 4.50. The smallest absolute Gasteiger partial charge is 0.337 e. The molecule has 104 valence electrons. The molecule has 0 aromatic heterocycles. The molecule has 1 aromatic rings. The summed E-state index contributed by atoms with van der Waals surface area (Å²) in [7, 11) is 0. The van der Waals surface area contributed by atoms with Crippen LogP contribution in [0.4, 0.5) is 5.69 Å². The van der Waals surface area contributed by atoms with Crippen LogP contribution in [-0.2, 0) is 0 Å². The number of carbonyl (C=O) groups is 1. The Morgan fingerprint density at radius 2 is 2.21 bits per heavy atom. The van der Waals surface area contributed by atoms with E-state index in [4.69, 9.17) is 0 Å². The fourth-order valence-electron chi connectivity index (χ4n) is 3.05. The lowest BCUT2D eigenvalue weighted by atomic mass is 9.93. The molecule has 1 fully saturated rings. The third-order valence-electron chi connectivity index (χ3n) is 4.30. The monoisotopic (exact) mass is 325 g/mol. The lowest BCUT2D eigenvalue weighted by molar-refractivity contribution is 0.0698. The molecule has 4 heteroatoms. The zero-order chi connectivity index (χ0) is 14.0. The summed E-state index contributed by atoms with van der Waals surface area (Å²) in [5, 5.41) is 12.7. The van der Waals surface area contributed by atoms with E-state index in [1.54, 1.807) is 6.07 Å². The molecule has 0 aliphatic heterocycles. The maximum Gasteiger partial charge on any atom is 0.337 e. The number of hydrogen-bond acceptors (Lipinski definition) is 2. The van der Waals surface area contributed by atoms with Gasteiger partial charge in [-0.2, -0.15) is 0 Å². The second-order valence-electron chi connectivity index (χ2n) is 5.35. The predicted octanol–water partition coefficient (Wildman–Crippen LogP) is 4.38. The van der Waals surface area contributed by atoms with Crippen LogP contribution in [0.5, 0.6) is 0 Å². The van der Waals surface area contributed by atoms with E-state index in [2.05, 4.69) is 35.1 Å². The van der Waals surface area contributed by atoms with Crippen LogP contribution >= 0.6 is 15.9 Å². The largest absolute Gasteiger partial charge is 0.478 e. The average Bonchev–Trinajstić information content (AvgIpc) is 2.72. The molecule has 0 amide bonds. The van der Waals surface area contributed by atoms with E-state index in [9.17, 15) is 9.90 Å². The predicted molar refractivity (Wildman–Crippen MR) is 80.7 cm³/mol. The summed E-state index contributed by atoms with van der Waals surface area (Å²) >= 11 is 3.32. The van der Waals surface area contributed by atoms with Gasteiger partial charge in [-0.1, -0.05) is 36.2 Å². The highest BCUT2D eigenvalue weighted by atomic mass is 79.9. The minimum atomic E-state index is -0.888. The summed E-state index contributed by atoms with van der Waals surface area (Å²) in [6.45, 7) is 4.49. The van der Waals surface area contributed by atoms with E-state index >= 15 is 0 Å². The summed E-state index contributed by atoms with van der Waals surface area (Å²) in [6.07, 6.45) is 3.55. The van der Waals surface area contributed by atoms with Crippen molar-refractivity contribution in [3.8, 4) is 0 Å². The van der Waals surface area contributed by atoms with Crippen LogP contribution in [0.2, 0.25) is 0 Å². The zero-order valence-corrected chi connectivity index (χ0v) is 12.9. The zero-order valence-electron chi connectivity index (χ0n) is 11.3. The number of carboxylic acid groups (broad SMARTS) is 1. The van der Waals surface area contributed by atoms with Crippen LogP contribution < -0.4 is 5.32 Å². The molecule has 0 spiro atoms. The van der Waals surface area contributed by atoms with Gasteiger partial charge in [-0.3, -0.25) is 0 Å². The fourth-order valence-corrected chi connectivity index (χ4v) is 3.41. The molecule has 3 nitrogen and oxygen atoms in total. The molecule has 0 radical (unpaired) electrons. The molecule has 3 unspecified atom stereocenters. The van der Waals surface area contributed by atoms with Crippen LogP contribution in [0.25, 0.3) is 0 Å². The van der Waals surface area contributed by atoms with Crippen LogP contribution in [0.1, 0.15) is 43.5 Å². The number of anilines is 1. The molecule has 0 bridgehead atoms. The van der Waals surface area contributed by atoms with Gasteiger partial charge in [0.1, 0.15) is 0 Å². The Bertz CT molecular complexity index is 475. The summed E-state index contributed by atoms with van der Waals surface area (Å²) in [4.78, 5) is 11.3. The topological polar surface area (TPSA) is 49.3 Å². The summed E-state index contributed by atoms with van der Waals surface area (Å²) in [6, 6.07) is 5.76. The van der Waals surface area contributed by atoms with E-state index in [-0.39, 0.29) is 0 Å². The lowest BCUT2D eigenvalue weighted by Crippen LogP contribution is -2.25. The number of hydrogen-bond donors (Lipinski definition) is 2. The number of carboxylic acids is 1. The van der Waals surface area contributed by atoms with Crippen molar-refractivity contribution in [3.63, 3.8) is 0 Å². The first kappa shape index (κ1) is 14.4. The first-order chi connectivity index (χ1) is 9.02. The highest BCUT2D eigenvalue weighted by Crippen LogP contribution is 2.36. The van der Waals surface area contributed by atoms with Gasteiger partial charge < -0.3 is 10.4 Å². The normalized spacial score (nSPS) is 26.4. The molecule has 1 aromatic carbocycles. The first-order valence-electron chi connectivity index (χ1n) is 6.82. The number of benzene rings is 1. The molecule has 19 heavy (non-hydrogen) atoms. The maximum atomic E-state index is 11.3. The molecule has 0 saturated heterocycles. The van der Waals surface area contributed by atoms with E-state index in [1.165, 1.54) is 12.8 Å². The van der Waals surface area contributed by atoms with Gasteiger partial charge in [-0.25, -0.2) is 4.79 Å². The van der Waals surface area contributed by atoms with Gasteiger partial charge in [0.15, 0.2) is 0 Å². The minimum absolute atomic E-state index is 0.335. The van der Waals surface area contributed by atoms with Crippen molar-refractivity contribution in [1.29, 1.82) is 0 Å². The molecule has 0 heterocycles. The van der Waals surface area contributed by atoms with Crippen molar-refractivity contribution in [2.45, 2.75) is 39.2 Å². The molecular weight excluding hydrogens is 306 g/mol. The van der Waals surface area contributed by atoms with Crippen LogP contribution in [0.3, 0.4) is 0 Å². The van der Waals surface area contributed by atoms with Gasteiger partial charge in [0.05, 0.1) is 5.56 Å². The van der Waals surface area contributed by atoms with Crippen LogP contribution in [0.15, 0.2) is 22.7 Å². The molecular formula is C15H20BrNO2. The van der Waals surface area contributed by atoms with E-state index in [0.717, 1.165) is 22.5 Å². The number of halogens is 1. The van der Waals surface area contributed by atoms with Crippen molar-refractivity contribution < 1.29 is 9.90 Å². The SMILES string of the molecule is CCC1CCC(Nc2ccc(Br)cc2C(=O)O)C1C. The van der Waals surface area contributed by atoms with Crippen molar-refractivity contribution in [2.75, 3.05) is 5.32 Å². The maximum absolute atomic E-state index is 11.3. The van der Waals surface area contributed by atoms with Gasteiger partial charge in [0.2, 0.25) is 0 Å². The van der Waals surface area contributed by atoms with Crippen molar-refractivity contribution >= 4 is 27.6 Å². The van der Waals surface area contributed by atoms with Gasteiger partial charge in [-0.15, -0.1) is 0 Å². The van der Waals surface area contributed by atoms with Gasteiger partial charge in [0, 0.05) is 16.2 Å². The lowest BCUT2D eigenvalue weighted by Gasteiger charge is -2.23. The van der Waals surface area contributed by atoms with Crippen LogP contribution in [-0.4, -0.2) is 17.1 Å². The van der Waals surface area contributed by atoms with Gasteiger partial charge >= 0.3 is 5.97 Å². The summed E-state index contributed by atoms with van der Waals surface area (Å²) in [5.74, 6) is 0.456. The van der Waals surface area contributed by atoms with Crippen molar-refractivity contribution in [3.05, 3.63) is 28.2 Å². The summed E-state index contributed by atoms with van der Waals surface area (Å²) in [5.41, 5.74) is 1.06. The Morgan fingerprint density at radius 3 is 2.79 bits per heavy atom. The minimum Gasteiger partial charge on any atom is -0.478 e. The van der Waals surface area contributed by atoms with E-state index < -0.39 is 5.97 Å². The molecule has 2 N–H and O–H groups in total. The average molecular weight is 326 g/mol. The number of aromatic carboxylic acids is 1. The van der Waals surface area contributed by atoms with E-state index in [0.29, 0.717) is 17.5 Å². The Morgan fingerprint density at radius 1 is 1.47 bits per heavy atom. The Balaban J connectivity index is 2.18. The van der Waals surface area contributed by atoms with E-state index in [1.807, 2.05) is 12.1 Å². The standard InChI is InChI=1S/C15H20BrNO2/c1-3-10-4-6-13(9(10)2)17-14-7-5-11(16)8-12(14)15(18)19/h5,7-10,13,17H,3-4,6H2,1-2H3,(H,18,19). The van der Waals surface area contributed by atoms with Gasteiger partial charge in [-0.05, 0) is 42.9 Å². The Labute approximate surface area is 122 Å². The fraction of sp³-hybridized carbons (Fsp3) is 0.533. The van der Waals surface area contributed by atoms with Crippen LogP contribution in [0, 0.1) is 11.8 Å². The van der Waals surface area contributed by atoms with Gasteiger partial charge in [0.25, 0.3) is 0 Å². The third-order valence-corrected chi connectivity index (χ3v) is 4.80. The molecule has 2 rings (SSSR count). The Hall–Kier alpha value is -1.03. The molecule has 1 saturated carbocycles. The second kappa shape index (κ2) is 5.95. The second-order valence-corrected chi connectivity index (χ2v) is 6.27. The number of nitrogens with one attached hydrogen (secondary N) is 1. The highest BCUT2D eigenvalue weighted by Gasteiger charge is 2.31. The number of rotatable bonds is 4. The first-order valence-corrected chi connectivity index (χ1v) is 7.61. The molecule has 3 atom stereocenters. The quantitative estimate of drug-likeness (QED) is 0.863.